The summed E-state index contributed by atoms with van der Waals surface area (Å²) >= 11 is 0. The molecule has 0 saturated carbocycles. The number of benzene rings is 1. The van der Waals surface area contributed by atoms with Crippen molar-refractivity contribution in [3.05, 3.63) is 71.7 Å². The SMILES string of the molecule is Cn1nc(CNC(=O)CCCN2C(=O)c3ccccc3C2=O)cc1-c1ccncc1. The van der Waals surface area contributed by atoms with E-state index in [1.807, 2.05) is 25.2 Å². The first kappa shape index (κ1) is 19.5. The van der Waals surface area contributed by atoms with Crippen molar-refractivity contribution in [1.29, 1.82) is 0 Å². The summed E-state index contributed by atoms with van der Waals surface area (Å²) in [6, 6.07) is 12.5. The first-order valence-electron chi connectivity index (χ1n) is 9.70. The second-order valence-electron chi connectivity index (χ2n) is 7.07. The van der Waals surface area contributed by atoms with Gasteiger partial charge in [-0.3, -0.25) is 28.9 Å². The number of carbonyl (C=O) groups is 3. The van der Waals surface area contributed by atoms with Gasteiger partial charge in [-0.2, -0.15) is 5.10 Å². The lowest BCUT2D eigenvalue weighted by molar-refractivity contribution is -0.121. The Morgan fingerprint density at radius 3 is 2.37 bits per heavy atom. The zero-order valence-corrected chi connectivity index (χ0v) is 16.5. The summed E-state index contributed by atoms with van der Waals surface area (Å²) in [4.78, 5) is 42.1. The van der Waals surface area contributed by atoms with Crippen LogP contribution in [-0.4, -0.2) is 43.9 Å². The molecular weight excluding hydrogens is 382 g/mol. The largest absolute Gasteiger partial charge is 0.350 e. The van der Waals surface area contributed by atoms with Crippen LogP contribution in [0.2, 0.25) is 0 Å². The van der Waals surface area contributed by atoms with Gasteiger partial charge in [0.25, 0.3) is 11.8 Å². The summed E-state index contributed by atoms with van der Waals surface area (Å²) in [5, 5.41) is 7.27. The normalized spacial score (nSPS) is 12.9. The molecule has 0 spiro atoms. The molecule has 0 fully saturated rings. The highest BCUT2D eigenvalue weighted by Crippen LogP contribution is 2.22. The van der Waals surface area contributed by atoms with Crippen LogP contribution in [0.25, 0.3) is 11.3 Å². The third-order valence-corrected chi connectivity index (χ3v) is 5.04. The summed E-state index contributed by atoms with van der Waals surface area (Å²) in [5.41, 5.74) is 3.53. The maximum absolute atomic E-state index is 12.3. The number of amides is 3. The van der Waals surface area contributed by atoms with Gasteiger partial charge in [-0.25, -0.2) is 0 Å². The zero-order valence-electron chi connectivity index (χ0n) is 16.5. The summed E-state index contributed by atoms with van der Waals surface area (Å²) in [7, 11) is 1.85. The molecule has 1 aliphatic heterocycles. The van der Waals surface area contributed by atoms with E-state index in [0.717, 1.165) is 17.0 Å². The molecule has 3 aromatic rings. The number of aromatic nitrogens is 3. The van der Waals surface area contributed by atoms with Crippen molar-refractivity contribution in [2.45, 2.75) is 19.4 Å². The molecule has 0 atom stereocenters. The molecule has 1 aromatic carbocycles. The Bertz CT molecular complexity index is 1070. The second-order valence-corrected chi connectivity index (χ2v) is 7.07. The molecule has 8 heteroatoms. The van der Waals surface area contributed by atoms with E-state index in [4.69, 9.17) is 0 Å². The minimum Gasteiger partial charge on any atom is -0.350 e. The Kier molecular flexibility index (Phi) is 5.38. The van der Waals surface area contributed by atoms with E-state index in [0.29, 0.717) is 24.1 Å². The average molecular weight is 403 g/mol. The lowest BCUT2D eigenvalue weighted by Crippen LogP contribution is -2.32. The van der Waals surface area contributed by atoms with Gasteiger partial charge in [0.1, 0.15) is 0 Å². The van der Waals surface area contributed by atoms with Gasteiger partial charge in [0.05, 0.1) is 29.1 Å². The highest BCUT2D eigenvalue weighted by molar-refractivity contribution is 6.21. The molecule has 4 rings (SSSR count). The number of fused-ring (bicyclic) bond motifs is 1. The zero-order chi connectivity index (χ0) is 21.1. The van der Waals surface area contributed by atoms with Gasteiger partial charge in [0, 0.05) is 38.0 Å². The summed E-state index contributed by atoms with van der Waals surface area (Å²) in [6.45, 7) is 0.528. The van der Waals surface area contributed by atoms with Gasteiger partial charge in [0.2, 0.25) is 5.91 Å². The van der Waals surface area contributed by atoms with Gasteiger partial charge < -0.3 is 5.32 Å². The van der Waals surface area contributed by atoms with Gasteiger partial charge in [-0.05, 0) is 36.8 Å². The van der Waals surface area contributed by atoms with Crippen molar-refractivity contribution < 1.29 is 14.4 Å². The number of carbonyl (C=O) groups excluding carboxylic acids is 3. The van der Waals surface area contributed by atoms with Gasteiger partial charge in [-0.1, -0.05) is 12.1 Å². The third kappa shape index (κ3) is 3.84. The quantitative estimate of drug-likeness (QED) is 0.610. The maximum atomic E-state index is 12.3. The van der Waals surface area contributed by atoms with Crippen LogP contribution in [0.15, 0.2) is 54.9 Å². The van der Waals surface area contributed by atoms with Crippen LogP contribution in [0.4, 0.5) is 0 Å². The summed E-state index contributed by atoms with van der Waals surface area (Å²) in [6.07, 6.45) is 4.07. The highest BCUT2D eigenvalue weighted by atomic mass is 16.2. The predicted octanol–water partition coefficient (Wildman–Crippen LogP) is 2.17. The summed E-state index contributed by atoms with van der Waals surface area (Å²) < 4.78 is 1.76. The lowest BCUT2D eigenvalue weighted by Gasteiger charge is -2.13. The van der Waals surface area contributed by atoms with E-state index in [1.54, 1.807) is 41.3 Å². The fourth-order valence-corrected chi connectivity index (χ4v) is 3.52. The molecule has 0 unspecified atom stereocenters. The van der Waals surface area contributed by atoms with Gasteiger partial charge >= 0.3 is 0 Å². The number of hydrogen-bond acceptors (Lipinski definition) is 5. The van der Waals surface area contributed by atoms with Crippen molar-refractivity contribution in [1.82, 2.24) is 25.0 Å². The van der Waals surface area contributed by atoms with Crippen LogP contribution in [0.1, 0.15) is 39.3 Å². The predicted molar refractivity (Wildman–Crippen MR) is 109 cm³/mol. The topological polar surface area (TPSA) is 97.2 Å². The molecule has 30 heavy (non-hydrogen) atoms. The van der Waals surface area contributed by atoms with Crippen molar-refractivity contribution in [2.24, 2.45) is 7.05 Å². The molecule has 3 amide bonds. The minimum atomic E-state index is -0.298. The van der Waals surface area contributed by atoms with Crippen LogP contribution >= 0.6 is 0 Å². The van der Waals surface area contributed by atoms with Crippen LogP contribution in [-0.2, 0) is 18.4 Å². The molecule has 0 radical (unpaired) electrons. The lowest BCUT2D eigenvalue weighted by atomic mass is 10.1. The van der Waals surface area contributed by atoms with E-state index in [-0.39, 0.29) is 30.7 Å². The molecule has 0 saturated heterocycles. The Labute approximate surface area is 173 Å². The monoisotopic (exact) mass is 403 g/mol. The first-order valence-corrected chi connectivity index (χ1v) is 9.70. The average Bonchev–Trinajstić information content (AvgIpc) is 3.26. The third-order valence-electron chi connectivity index (χ3n) is 5.04. The smallest absolute Gasteiger partial charge is 0.261 e. The van der Waals surface area contributed by atoms with Crippen LogP contribution < -0.4 is 5.32 Å². The minimum absolute atomic E-state index is 0.150. The number of nitrogens with zero attached hydrogens (tertiary/aromatic N) is 4. The summed E-state index contributed by atoms with van der Waals surface area (Å²) in [5.74, 6) is -0.746. The Balaban J connectivity index is 1.27. The van der Waals surface area contributed by atoms with Crippen molar-refractivity contribution in [3.63, 3.8) is 0 Å². The Morgan fingerprint density at radius 1 is 1.03 bits per heavy atom. The number of hydrogen-bond donors (Lipinski definition) is 1. The number of imide groups is 1. The number of aryl methyl sites for hydroxylation is 1. The van der Waals surface area contributed by atoms with E-state index < -0.39 is 0 Å². The van der Waals surface area contributed by atoms with E-state index in [2.05, 4.69) is 15.4 Å². The molecule has 2 aromatic heterocycles. The molecule has 0 bridgehead atoms. The maximum Gasteiger partial charge on any atom is 0.261 e. The molecule has 152 valence electrons. The molecule has 1 N–H and O–H groups in total. The van der Waals surface area contributed by atoms with E-state index >= 15 is 0 Å². The number of nitrogens with one attached hydrogen (secondary N) is 1. The van der Waals surface area contributed by atoms with Crippen molar-refractivity contribution in [2.75, 3.05) is 6.54 Å². The molecular formula is C22H21N5O3. The molecule has 1 aliphatic rings. The van der Waals surface area contributed by atoms with Crippen molar-refractivity contribution >= 4 is 17.7 Å². The second kappa shape index (κ2) is 8.28. The number of rotatable bonds is 7. The van der Waals surface area contributed by atoms with Crippen LogP contribution in [0.5, 0.6) is 0 Å². The Morgan fingerprint density at radius 2 is 1.70 bits per heavy atom. The molecule has 3 heterocycles. The van der Waals surface area contributed by atoms with Crippen LogP contribution in [0.3, 0.4) is 0 Å². The first-order chi connectivity index (χ1) is 14.5. The highest BCUT2D eigenvalue weighted by Gasteiger charge is 2.34. The fraction of sp³-hybridized carbons (Fsp3) is 0.227. The standard InChI is InChI=1S/C22H21N5O3/c1-26-19(15-8-10-23-11-9-15)13-16(25-26)14-24-20(28)7-4-12-27-21(29)17-5-2-3-6-18(17)22(27)30/h2-3,5-6,8-11,13H,4,7,12,14H2,1H3,(H,24,28). The van der Waals surface area contributed by atoms with Gasteiger partial charge in [0.15, 0.2) is 0 Å². The molecule has 8 nitrogen and oxygen atoms in total. The van der Waals surface area contributed by atoms with E-state index in [9.17, 15) is 14.4 Å². The van der Waals surface area contributed by atoms with E-state index in [1.165, 1.54) is 4.90 Å². The van der Waals surface area contributed by atoms with Crippen LogP contribution in [0, 0.1) is 0 Å². The van der Waals surface area contributed by atoms with Crippen molar-refractivity contribution in [3.8, 4) is 11.3 Å². The Hall–Kier alpha value is -3.81. The number of pyridine rings is 1. The fourth-order valence-electron chi connectivity index (χ4n) is 3.52. The van der Waals surface area contributed by atoms with Gasteiger partial charge in [-0.15, -0.1) is 0 Å². The molecule has 0 aliphatic carbocycles.